The second-order valence-corrected chi connectivity index (χ2v) is 5.60. The zero-order valence-electron chi connectivity index (χ0n) is 8.13. The van der Waals surface area contributed by atoms with Crippen LogP contribution in [0.4, 0.5) is 0 Å². The van der Waals surface area contributed by atoms with Crippen molar-refractivity contribution in [1.82, 2.24) is 0 Å². The molecule has 0 nitrogen and oxygen atoms in total. The Labute approximate surface area is 97.3 Å². The fraction of sp³-hybridized carbons (Fsp3) is 0.273. The molecule has 0 saturated carbocycles. The third-order valence-electron chi connectivity index (χ3n) is 2.19. The Morgan fingerprint density at radius 3 is 2.79 bits per heavy atom. The fourth-order valence-electron chi connectivity index (χ4n) is 1.54. The van der Waals surface area contributed by atoms with E-state index in [0.717, 1.165) is 0 Å². The molecule has 0 N–H and O–H groups in total. The summed E-state index contributed by atoms with van der Waals surface area (Å²) in [6.45, 7) is 2.14. The molecule has 0 aliphatic heterocycles. The summed E-state index contributed by atoms with van der Waals surface area (Å²) in [7, 11) is 0. The van der Waals surface area contributed by atoms with E-state index in [-0.39, 0.29) is 0 Å². The lowest BCUT2D eigenvalue weighted by molar-refractivity contribution is 1.29. The Balaban J connectivity index is 2.68. The van der Waals surface area contributed by atoms with Crippen LogP contribution in [0.1, 0.15) is 10.4 Å². The predicted molar refractivity (Wildman–Crippen MR) is 67.9 cm³/mol. The van der Waals surface area contributed by atoms with Crippen LogP contribution in [0.25, 0.3) is 10.1 Å². The summed E-state index contributed by atoms with van der Waals surface area (Å²) in [6, 6.07) is 6.67. The van der Waals surface area contributed by atoms with Crippen molar-refractivity contribution in [1.29, 1.82) is 0 Å². The van der Waals surface area contributed by atoms with Gasteiger partial charge in [0.1, 0.15) is 0 Å². The van der Waals surface area contributed by atoms with E-state index in [9.17, 15) is 0 Å². The molecule has 0 aliphatic rings. The zero-order chi connectivity index (χ0) is 10.1. The molecule has 0 amide bonds. The molecule has 14 heavy (non-hydrogen) atoms. The molecule has 74 valence electrons. The van der Waals surface area contributed by atoms with Gasteiger partial charge in [0.05, 0.1) is 0 Å². The molecule has 0 saturated heterocycles. The first kappa shape index (κ1) is 10.3. The van der Waals surface area contributed by atoms with Crippen LogP contribution in [0.3, 0.4) is 0 Å². The second-order valence-electron chi connectivity index (χ2n) is 3.19. The van der Waals surface area contributed by atoms with Gasteiger partial charge in [-0.15, -0.1) is 34.7 Å². The summed E-state index contributed by atoms with van der Waals surface area (Å²) in [5.74, 6) is 0.598. The lowest BCUT2D eigenvalue weighted by Crippen LogP contribution is -1.81. The van der Waals surface area contributed by atoms with Crippen LogP contribution < -0.4 is 0 Å². The summed E-state index contributed by atoms with van der Waals surface area (Å²) >= 11 is 9.52. The predicted octanol–water partition coefficient (Wildman–Crippen LogP) is 4.67. The average Bonchev–Trinajstić information content (AvgIpc) is 2.54. The van der Waals surface area contributed by atoms with Gasteiger partial charge in [-0.2, -0.15) is 0 Å². The van der Waals surface area contributed by atoms with E-state index in [0.29, 0.717) is 5.88 Å². The quantitative estimate of drug-likeness (QED) is 0.545. The molecule has 0 aliphatic carbocycles. The molecule has 3 heteroatoms. The number of aryl methyl sites for hydroxylation is 1. The second kappa shape index (κ2) is 4.13. The van der Waals surface area contributed by atoms with Gasteiger partial charge in [-0.05, 0) is 42.3 Å². The lowest BCUT2D eigenvalue weighted by Gasteiger charge is -2.03. The van der Waals surface area contributed by atoms with Gasteiger partial charge < -0.3 is 0 Å². The molecule has 0 radical (unpaired) electrons. The number of thioether (sulfide) groups is 1. The molecular formula is C11H11ClS2. The van der Waals surface area contributed by atoms with E-state index in [1.54, 1.807) is 11.8 Å². The molecule has 0 fully saturated rings. The summed E-state index contributed by atoms with van der Waals surface area (Å²) < 4.78 is 1.36. The fourth-order valence-corrected chi connectivity index (χ4v) is 3.49. The molecular weight excluding hydrogens is 232 g/mol. The molecule has 0 atom stereocenters. The Morgan fingerprint density at radius 2 is 2.14 bits per heavy atom. The van der Waals surface area contributed by atoms with Crippen molar-refractivity contribution < 1.29 is 0 Å². The highest BCUT2D eigenvalue weighted by Crippen LogP contribution is 2.32. The maximum atomic E-state index is 5.91. The van der Waals surface area contributed by atoms with Crippen molar-refractivity contribution in [3.8, 4) is 0 Å². The third kappa shape index (κ3) is 1.79. The Kier molecular flexibility index (Phi) is 3.05. The number of halogens is 1. The van der Waals surface area contributed by atoms with Gasteiger partial charge in [0.15, 0.2) is 0 Å². The van der Waals surface area contributed by atoms with Crippen LogP contribution in [0.2, 0.25) is 0 Å². The van der Waals surface area contributed by atoms with E-state index in [1.165, 1.54) is 25.4 Å². The van der Waals surface area contributed by atoms with E-state index in [4.69, 9.17) is 11.6 Å². The highest BCUT2D eigenvalue weighted by atomic mass is 35.5. The third-order valence-corrected chi connectivity index (χ3v) is 4.31. The van der Waals surface area contributed by atoms with Crippen molar-refractivity contribution in [2.45, 2.75) is 17.7 Å². The van der Waals surface area contributed by atoms with E-state index in [2.05, 4.69) is 31.4 Å². The standard InChI is InChI=1S/C11H11ClS2/c1-7-3-8-4-9(6-12)10(13-2)5-11(8)14-7/h3-5H,6H2,1-2H3. The number of rotatable bonds is 2. The van der Waals surface area contributed by atoms with Gasteiger partial charge in [0, 0.05) is 20.4 Å². The first-order valence-electron chi connectivity index (χ1n) is 4.37. The van der Waals surface area contributed by atoms with Crippen LogP contribution in [0.5, 0.6) is 0 Å². The number of fused-ring (bicyclic) bond motifs is 1. The van der Waals surface area contributed by atoms with Crippen LogP contribution in [-0.2, 0) is 5.88 Å². The molecule has 0 unspecified atom stereocenters. The molecule has 1 heterocycles. The smallest absolute Gasteiger partial charge is 0.0485 e. The van der Waals surface area contributed by atoms with Gasteiger partial charge in [-0.25, -0.2) is 0 Å². The Morgan fingerprint density at radius 1 is 1.36 bits per heavy atom. The normalized spacial score (nSPS) is 11.1. The summed E-state index contributed by atoms with van der Waals surface area (Å²) in [5.41, 5.74) is 1.24. The number of thiophene rings is 1. The molecule has 2 aromatic rings. The van der Waals surface area contributed by atoms with Crippen molar-refractivity contribution in [3.63, 3.8) is 0 Å². The first-order valence-corrected chi connectivity index (χ1v) is 6.95. The van der Waals surface area contributed by atoms with E-state index < -0.39 is 0 Å². The van der Waals surface area contributed by atoms with Crippen LogP contribution in [0, 0.1) is 6.92 Å². The molecule has 1 aromatic carbocycles. The minimum absolute atomic E-state index is 0.598. The van der Waals surface area contributed by atoms with Crippen molar-refractivity contribution in [3.05, 3.63) is 28.6 Å². The Bertz CT molecular complexity index is 419. The summed E-state index contributed by atoms with van der Waals surface area (Å²) in [6.07, 6.45) is 2.09. The van der Waals surface area contributed by atoms with Gasteiger partial charge in [-0.1, -0.05) is 0 Å². The molecule has 1 aromatic heterocycles. The van der Waals surface area contributed by atoms with Gasteiger partial charge in [-0.3, -0.25) is 0 Å². The molecule has 0 bridgehead atoms. The zero-order valence-corrected chi connectivity index (χ0v) is 10.5. The molecule has 0 spiro atoms. The van der Waals surface area contributed by atoms with E-state index in [1.807, 2.05) is 11.3 Å². The highest BCUT2D eigenvalue weighted by molar-refractivity contribution is 7.98. The monoisotopic (exact) mass is 242 g/mol. The molecule has 2 rings (SSSR count). The van der Waals surface area contributed by atoms with Crippen molar-refractivity contribution in [2.24, 2.45) is 0 Å². The Hall–Kier alpha value is -0.180. The SMILES string of the molecule is CSc1cc2sc(C)cc2cc1CCl. The summed E-state index contributed by atoms with van der Waals surface area (Å²) in [5, 5.41) is 1.32. The van der Waals surface area contributed by atoms with Crippen LogP contribution in [-0.4, -0.2) is 6.26 Å². The first-order chi connectivity index (χ1) is 6.74. The van der Waals surface area contributed by atoms with Crippen molar-refractivity contribution in [2.75, 3.05) is 6.26 Å². The topological polar surface area (TPSA) is 0 Å². The van der Waals surface area contributed by atoms with Gasteiger partial charge >= 0.3 is 0 Å². The number of alkyl halides is 1. The maximum absolute atomic E-state index is 5.91. The summed E-state index contributed by atoms with van der Waals surface area (Å²) in [4.78, 5) is 2.66. The minimum atomic E-state index is 0.598. The maximum Gasteiger partial charge on any atom is 0.0485 e. The van der Waals surface area contributed by atoms with Gasteiger partial charge in [0.2, 0.25) is 0 Å². The number of benzene rings is 1. The lowest BCUT2D eigenvalue weighted by atomic mass is 10.2. The average molecular weight is 243 g/mol. The van der Waals surface area contributed by atoms with Crippen LogP contribution in [0.15, 0.2) is 23.1 Å². The van der Waals surface area contributed by atoms with E-state index >= 15 is 0 Å². The van der Waals surface area contributed by atoms with Crippen molar-refractivity contribution >= 4 is 44.8 Å². The number of hydrogen-bond donors (Lipinski definition) is 0. The minimum Gasteiger partial charge on any atom is -0.141 e. The highest BCUT2D eigenvalue weighted by Gasteiger charge is 2.05. The van der Waals surface area contributed by atoms with Gasteiger partial charge in [0.25, 0.3) is 0 Å². The van der Waals surface area contributed by atoms with Crippen LogP contribution >= 0.6 is 34.7 Å². The largest absolute Gasteiger partial charge is 0.141 e. The number of hydrogen-bond acceptors (Lipinski definition) is 2.